The van der Waals surface area contributed by atoms with Crippen LogP contribution in [0.25, 0.3) is 6.08 Å². The van der Waals surface area contributed by atoms with Gasteiger partial charge in [-0.3, -0.25) is 0 Å². The molecule has 2 N–H and O–H groups in total. The molecule has 0 spiro atoms. The summed E-state index contributed by atoms with van der Waals surface area (Å²) in [6, 6.07) is 4.37. The molecular weight excluding hydrogens is 210 g/mol. The van der Waals surface area contributed by atoms with Gasteiger partial charge in [-0.05, 0) is 41.2 Å². The molecular formula is C15H23NO. The number of hydrogen-bond acceptors (Lipinski definition) is 2. The zero-order valence-electron chi connectivity index (χ0n) is 11.3. The molecule has 0 bridgehead atoms. The minimum absolute atomic E-state index is 0.460. The third-order valence-electron chi connectivity index (χ3n) is 2.87. The molecule has 0 saturated heterocycles. The van der Waals surface area contributed by atoms with E-state index in [4.69, 9.17) is 10.5 Å². The molecule has 0 fully saturated rings. The van der Waals surface area contributed by atoms with Crippen LogP contribution in [0, 0.1) is 0 Å². The molecule has 0 aliphatic heterocycles. The van der Waals surface area contributed by atoms with Gasteiger partial charge in [0.2, 0.25) is 0 Å². The number of rotatable bonds is 5. The molecule has 0 aliphatic carbocycles. The van der Waals surface area contributed by atoms with Gasteiger partial charge < -0.3 is 10.5 Å². The normalized spacial score (nSPS) is 11.4. The largest absolute Gasteiger partial charge is 0.496 e. The van der Waals surface area contributed by atoms with Crippen LogP contribution in [0.5, 0.6) is 5.75 Å². The predicted molar refractivity (Wildman–Crippen MR) is 74.5 cm³/mol. The summed E-state index contributed by atoms with van der Waals surface area (Å²) in [4.78, 5) is 0. The fraction of sp³-hybridized carbons (Fsp3) is 0.467. The third kappa shape index (κ3) is 3.34. The van der Waals surface area contributed by atoms with Crippen molar-refractivity contribution >= 4 is 6.08 Å². The van der Waals surface area contributed by atoms with E-state index < -0.39 is 0 Å². The van der Waals surface area contributed by atoms with Gasteiger partial charge in [0.15, 0.2) is 0 Å². The second-order valence-corrected chi connectivity index (χ2v) is 4.45. The maximum Gasteiger partial charge on any atom is 0.125 e. The zero-order chi connectivity index (χ0) is 12.8. The van der Waals surface area contributed by atoms with Crippen molar-refractivity contribution in [3.05, 3.63) is 34.9 Å². The van der Waals surface area contributed by atoms with Crippen LogP contribution in [0.15, 0.2) is 18.2 Å². The lowest BCUT2D eigenvalue weighted by Crippen LogP contribution is -2.00. The van der Waals surface area contributed by atoms with Gasteiger partial charge in [0.25, 0.3) is 0 Å². The Morgan fingerprint density at radius 3 is 2.53 bits per heavy atom. The number of benzene rings is 1. The summed E-state index contributed by atoms with van der Waals surface area (Å²) in [6.45, 7) is 7.10. The van der Waals surface area contributed by atoms with Crippen LogP contribution in [-0.2, 0) is 6.42 Å². The number of aryl methyl sites for hydroxylation is 1. The van der Waals surface area contributed by atoms with Gasteiger partial charge in [0.1, 0.15) is 5.75 Å². The predicted octanol–water partition coefficient (Wildman–Crippen LogP) is 3.35. The Kier molecular flexibility index (Phi) is 5.23. The van der Waals surface area contributed by atoms with Crippen molar-refractivity contribution in [1.82, 2.24) is 0 Å². The SMILES string of the molecule is CCc1cc(/C=C/CN)cc(C(C)C)c1OC. The van der Waals surface area contributed by atoms with Crippen LogP contribution in [0.1, 0.15) is 43.4 Å². The highest BCUT2D eigenvalue weighted by Crippen LogP contribution is 2.32. The summed E-state index contributed by atoms with van der Waals surface area (Å²) in [5, 5.41) is 0. The summed E-state index contributed by atoms with van der Waals surface area (Å²) in [5.41, 5.74) is 9.22. The van der Waals surface area contributed by atoms with Gasteiger partial charge in [0.05, 0.1) is 7.11 Å². The van der Waals surface area contributed by atoms with E-state index in [9.17, 15) is 0 Å². The van der Waals surface area contributed by atoms with E-state index in [2.05, 4.69) is 39.0 Å². The van der Waals surface area contributed by atoms with Crippen LogP contribution < -0.4 is 10.5 Å². The molecule has 17 heavy (non-hydrogen) atoms. The smallest absolute Gasteiger partial charge is 0.125 e. The fourth-order valence-electron chi connectivity index (χ4n) is 1.98. The first kappa shape index (κ1) is 13.8. The highest BCUT2D eigenvalue weighted by atomic mass is 16.5. The Hall–Kier alpha value is -1.28. The second-order valence-electron chi connectivity index (χ2n) is 4.45. The number of hydrogen-bond donors (Lipinski definition) is 1. The lowest BCUT2D eigenvalue weighted by molar-refractivity contribution is 0.403. The van der Waals surface area contributed by atoms with E-state index >= 15 is 0 Å². The van der Waals surface area contributed by atoms with Crippen molar-refractivity contribution in [2.75, 3.05) is 13.7 Å². The molecule has 0 atom stereocenters. The van der Waals surface area contributed by atoms with E-state index in [-0.39, 0.29) is 0 Å². The standard InChI is InChI=1S/C15H23NO/c1-5-13-9-12(7-6-8-16)10-14(11(2)3)15(13)17-4/h6-7,9-11H,5,8,16H2,1-4H3/b7-6+. The fourth-order valence-corrected chi connectivity index (χ4v) is 1.98. The van der Waals surface area contributed by atoms with Crippen molar-refractivity contribution in [2.24, 2.45) is 5.73 Å². The molecule has 1 rings (SSSR count). The molecule has 0 amide bonds. The Morgan fingerprint density at radius 1 is 1.35 bits per heavy atom. The maximum absolute atomic E-state index is 5.54. The van der Waals surface area contributed by atoms with Gasteiger partial charge in [0, 0.05) is 6.54 Å². The zero-order valence-corrected chi connectivity index (χ0v) is 11.3. The average molecular weight is 233 g/mol. The molecule has 2 nitrogen and oxygen atoms in total. The second kappa shape index (κ2) is 6.45. The van der Waals surface area contributed by atoms with Crippen molar-refractivity contribution in [3.8, 4) is 5.75 Å². The van der Waals surface area contributed by atoms with Crippen molar-refractivity contribution < 1.29 is 4.74 Å². The van der Waals surface area contributed by atoms with Gasteiger partial charge in [-0.15, -0.1) is 0 Å². The Bertz CT molecular complexity index is 394. The molecule has 0 radical (unpaired) electrons. The van der Waals surface area contributed by atoms with Crippen LogP contribution in [-0.4, -0.2) is 13.7 Å². The van der Waals surface area contributed by atoms with Crippen LogP contribution in [0.4, 0.5) is 0 Å². The molecule has 0 heterocycles. The van der Waals surface area contributed by atoms with Gasteiger partial charge in [-0.25, -0.2) is 0 Å². The molecule has 0 aromatic heterocycles. The Morgan fingerprint density at radius 2 is 2.06 bits per heavy atom. The minimum Gasteiger partial charge on any atom is -0.496 e. The first-order valence-corrected chi connectivity index (χ1v) is 6.21. The highest BCUT2D eigenvalue weighted by molar-refractivity contribution is 5.57. The average Bonchev–Trinajstić information content (AvgIpc) is 2.34. The molecule has 1 aromatic rings. The molecule has 1 aromatic carbocycles. The lowest BCUT2D eigenvalue weighted by Gasteiger charge is -2.16. The Labute approximate surface area is 104 Å². The molecule has 2 heteroatoms. The Balaban J connectivity index is 3.29. The highest BCUT2D eigenvalue weighted by Gasteiger charge is 2.12. The summed E-state index contributed by atoms with van der Waals surface area (Å²) in [7, 11) is 1.75. The van der Waals surface area contributed by atoms with Crippen LogP contribution in [0.3, 0.4) is 0 Å². The number of nitrogens with two attached hydrogens (primary N) is 1. The summed E-state index contributed by atoms with van der Waals surface area (Å²) in [6.07, 6.45) is 5.03. The first-order valence-electron chi connectivity index (χ1n) is 6.21. The van der Waals surface area contributed by atoms with Crippen molar-refractivity contribution in [3.63, 3.8) is 0 Å². The van der Waals surface area contributed by atoms with Gasteiger partial charge in [-0.1, -0.05) is 32.9 Å². The summed E-state index contributed by atoms with van der Waals surface area (Å²) < 4.78 is 5.54. The molecule has 94 valence electrons. The van der Waals surface area contributed by atoms with E-state index in [0.717, 1.165) is 12.2 Å². The summed E-state index contributed by atoms with van der Waals surface area (Å²) in [5.74, 6) is 1.49. The van der Waals surface area contributed by atoms with E-state index in [1.54, 1.807) is 7.11 Å². The van der Waals surface area contributed by atoms with Crippen molar-refractivity contribution in [2.45, 2.75) is 33.1 Å². The topological polar surface area (TPSA) is 35.2 Å². The number of ether oxygens (including phenoxy) is 1. The minimum atomic E-state index is 0.460. The first-order chi connectivity index (χ1) is 8.13. The van der Waals surface area contributed by atoms with Crippen LogP contribution >= 0.6 is 0 Å². The monoisotopic (exact) mass is 233 g/mol. The molecule has 0 saturated carbocycles. The summed E-state index contributed by atoms with van der Waals surface area (Å²) >= 11 is 0. The molecule has 0 unspecified atom stereocenters. The maximum atomic E-state index is 5.54. The van der Waals surface area contributed by atoms with E-state index in [0.29, 0.717) is 12.5 Å². The van der Waals surface area contributed by atoms with Crippen molar-refractivity contribution in [1.29, 1.82) is 0 Å². The van der Waals surface area contributed by atoms with Crippen LogP contribution in [0.2, 0.25) is 0 Å². The number of methoxy groups -OCH3 is 1. The third-order valence-corrected chi connectivity index (χ3v) is 2.87. The van der Waals surface area contributed by atoms with E-state index in [1.807, 2.05) is 6.08 Å². The molecule has 0 aliphatic rings. The lowest BCUT2D eigenvalue weighted by atomic mass is 9.95. The van der Waals surface area contributed by atoms with Gasteiger partial charge >= 0.3 is 0 Å². The van der Waals surface area contributed by atoms with E-state index in [1.165, 1.54) is 16.7 Å². The quantitative estimate of drug-likeness (QED) is 0.846. The van der Waals surface area contributed by atoms with Gasteiger partial charge in [-0.2, -0.15) is 0 Å².